The van der Waals surface area contributed by atoms with Crippen LogP contribution >= 0.6 is 0 Å². The molecule has 0 fully saturated rings. The standard InChI is InChI=1S/C11H21N3/c1-4-5-9-10(7-6-8(2)3)13-14-11(9)12/h8H,4-7H2,1-3H3,(H3,12,13,14). The molecular formula is C11H21N3. The van der Waals surface area contributed by atoms with E-state index in [9.17, 15) is 0 Å². The Morgan fingerprint density at radius 2 is 2.07 bits per heavy atom. The first kappa shape index (κ1) is 11.1. The SMILES string of the molecule is CCCc1c(N)n[nH]c1CCC(C)C. The van der Waals surface area contributed by atoms with Gasteiger partial charge in [-0.1, -0.05) is 27.2 Å². The van der Waals surface area contributed by atoms with E-state index >= 15 is 0 Å². The average molecular weight is 195 g/mol. The normalized spacial score (nSPS) is 11.1. The van der Waals surface area contributed by atoms with E-state index in [1.54, 1.807) is 0 Å². The van der Waals surface area contributed by atoms with Crippen molar-refractivity contribution < 1.29 is 0 Å². The maximum absolute atomic E-state index is 5.79. The largest absolute Gasteiger partial charge is 0.382 e. The summed E-state index contributed by atoms with van der Waals surface area (Å²) in [5.74, 6) is 1.42. The molecule has 1 rings (SSSR count). The van der Waals surface area contributed by atoms with Gasteiger partial charge in [-0.25, -0.2) is 0 Å². The van der Waals surface area contributed by atoms with Crippen molar-refractivity contribution in [1.82, 2.24) is 10.2 Å². The summed E-state index contributed by atoms with van der Waals surface area (Å²) in [7, 11) is 0. The maximum atomic E-state index is 5.79. The second-order valence-corrected chi connectivity index (χ2v) is 4.25. The van der Waals surface area contributed by atoms with Crippen LogP contribution in [0, 0.1) is 5.92 Å². The number of rotatable bonds is 5. The van der Waals surface area contributed by atoms with Crippen LogP contribution in [0.1, 0.15) is 44.9 Å². The van der Waals surface area contributed by atoms with Crippen molar-refractivity contribution in [3.05, 3.63) is 11.3 Å². The summed E-state index contributed by atoms with van der Waals surface area (Å²) in [6.07, 6.45) is 4.42. The fraction of sp³-hybridized carbons (Fsp3) is 0.727. The highest BCUT2D eigenvalue weighted by molar-refractivity contribution is 5.42. The quantitative estimate of drug-likeness (QED) is 0.758. The van der Waals surface area contributed by atoms with Crippen LogP contribution in [0.4, 0.5) is 5.82 Å². The molecule has 0 aliphatic heterocycles. The lowest BCUT2D eigenvalue weighted by Crippen LogP contribution is -1.98. The Hall–Kier alpha value is -0.990. The molecule has 0 amide bonds. The first-order chi connectivity index (χ1) is 6.65. The van der Waals surface area contributed by atoms with Crippen LogP contribution in [0.2, 0.25) is 0 Å². The molecule has 0 aliphatic rings. The van der Waals surface area contributed by atoms with Gasteiger partial charge in [0.05, 0.1) is 0 Å². The number of H-pyrrole nitrogens is 1. The van der Waals surface area contributed by atoms with Crippen molar-refractivity contribution in [2.24, 2.45) is 5.92 Å². The van der Waals surface area contributed by atoms with E-state index in [4.69, 9.17) is 5.73 Å². The third-order valence-electron chi connectivity index (χ3n) is 2.46. The van der Waals surface area contributed by atoms with Gasteiger partial charge in [0.25, 0.3) is 0 Å². The van der Waals surface area contributed by atoms with Crippen LogP contribution in [-0.4, -0.2) is 10.2 Å². The van der Waals surface area contributed by atoms with Crippen molar-refractivity contribution >= 4 is 5.82 Å². The summed E-state index contributed by atoms with van der Waals surface area (Å²) >= 11 is 0. The second-order valence-electron chi connectivity index (χ2n) is 4.25. The monoisotopic (exact) mass is 195 g/mol. The molecule has 0 saturated heterocycles. The Kier molecular flexibility index (Phi) is 3.98. The highest BCUT2D eigenvalue weighted by Gasteiger charge is 2.09. The van der Waals surface area contributed by atoms with Crippen LogP contribution in [0.15, 0.2) is 0 Å². The zero-order valence-electron chi connectivity index (χ0n) is 9.43. The Morgan fingerprint density at radius 3 is 2.64 bits per heavy atom. The smallest absolute Gasteiger partial charge is 0.148 e. The van der Waals surface area contributed by atoms with Gasteiger partial charge in [0.15, 0.2) is 0 Å². The molecule has 0 bridgehead atoms. The number of nitrogen functional groups attached to an aromatic ring is 1. The number of aryl methyl sites for hydroxylation is 1. The van der Waals surface area contributed by atoms with Gasteiger partial charge in [-0.2, -0.15) is 5.10 Å². The summed E-state index contributed by atoms with van der Waals surface area (Å²) < 4.78 is 0. The van der Waals surface area contributed by atoms with Gasteiger partial charge in [0.1, 0.15) is 5.82 Å². The van der Waals surface area contributed by atoms with Crippen molar-refractivity contribution in [1.29, 1.82) is 0 Å². The summed E-state index contributed by atoms with van der Waals surface area (Å²) in [6, 6.07) is 0. The minimum absolute atomic E-state index is 0.686. The first-order valence-electron chi connectivity index (χ1n) is 5.46. The van der Waals surface area contributed by atoms with Gasteiger partial charge < -0.3 is 5.73 Å². The molecule has 0 aromatic carbocycles. The topological polar surface area (TPSA) is 54.7 Å². The predicted octanol–water partition coefficient (Wildman–Crippen LogP) is 2.53. The molecule has 14 heavy (non-hydrogen) atoms. The van der Waals surface area contributed by atoms with Gasteiger partial charge in [-0.05, 0) is 25.2 Å². The zero-order valence-corrected chi connectivity index (χ0v) is 9.43. The lowest BCUT2D eigenvalue weighted by molar-refractivity contribution is 0.578. The Balaban J connectivity index is 2.65. The van der Waals surface area contributed by atoms with E-state index in [1.807, 2.05) is 0 Å². The summed E-state index contributed by atoms with van der Waals surface area (Å²) in [5, 5.41) is 7.11. The Labute approximate surface area is 86.1 Å². The number of hydrogen-bond donors (Lipinski definition) is 2. The van der Waals surface area contributed by atoms with Crippen molar-refractivity contribution in [2.75, 3.05) is 5.73 Å². The number of nitrogens with one attached hydrogen (secondary N) is 1. The third-order valence-corrected chi connectivity index (χ3v) is 2.46. The molecule has 3 N–H and O–H groups in total. The molecule has 1 aromatic rings. The van der Waals surface area contributed by atoms with Crippen molar-refractivity contribution in [3.63, 3.8) is 0 Å². The molecule has 80 valence electrons. The molecule has 1 heterocycles. The maximum Gasteiger partial charge on any atom is 0.148 e. The highest BCUT2D eigenvalue weighted by Crippen LogP contribution is 2.18. The number of anilines is 1. The van der Waals surface area contributed by atoms with Gasteiger partial charge in [-0.15, -0.1) is 0 Å². The summed E-state index contributed by atoms with van der Waals surface area (Å²) in [5.41, 5.74) is 8.26. The minimum Gasteiger partial charge on any atom is -0.382 e. The number of nitrogens with zero attached hydrogens (tertiary/aromatic N) is 1. The summed E-state index contributed by atoms with van der Waals surface area (Å²) in [6.45, 7) is 6.64. The fourth-order valence-electron chi connectivity index (χ4n) is 1.59. The van der Waals surface area contributed by atoms with E-state index in [2.05, 4.69) is 31.0 Å². The van der Waals surface area contributed by atoms with Crippen molar-refractivity contribution in [2.45, 2.75) is 46.5 Å². The molecule has 0 saturated carbocycles. The first-order valence-corrected chi connectivity index (χ1v) is 5.46. The molecular weight excluding hydrogens is 174 g/mol. The molecule has 3 nitrogen and oxygen atoms in total. The van der Waals surface area contributed by atoms with Crippen molar-refractivity contribution in [3.8, 4) is 0 Å². The zero-order chi connectivity index (χ0) is 10.6. The van der Waals surface area contributed by atoms with E-state index in [1.165, 1.54) is 17.7 Å². The number of aromatic amines is 1. The van der Waals surface area contributed by atoms with Gasteiger partial charge in [-0.3, -0.25) is 5.10 Å². The number of aromatic nitrogens is 2. The Morgan fingerprint density at radius 1 is 1.36 bits per heavy atom. The van der Waals surface area contributed by atoms with Crippen LogP contribution in [-0.2, 0) is 12.8 Å². The van der Waals surface area contributed by atoms with Crippen LogP contribution in [0.5, 0.6) is 0 Å². The lowest BCUT2D eigenvalue weighted by atomic mass is 10.0. The predicted molar refractivity (Wildman–Crippen MR) is 60.2 cm³/mol. The number of hydrogen-bond acceptors (Lipinski definition) is 2. The molecule has 0 unspecified atom stereocenters. The average Bonchev–Trinajstić information content (AvgIpc) is 2.46. The number of nitrogens with two attached hydrogens (primary N) is 1. The molecule has 0 aliphatic carbocycles. The molecule has 3 heteroatoms. The second kappa shape index (κ2) is 5.03. The van der Waals surface area contributed by atoms with Crippen LogP contribution in [0.3, 0.4) is 0 Å². The van der Waals surface area contributed by atoms with E-state index in [-0.39, 0.29) is 0 Å². The molecule has 0 atom stereocenters. The van der Waals surface area contributed by atoms with Crippen LogP contribution < -0.4 is 5.73 Å². The third kappa shape index (κ3) is 2.76. The molecule has 0 radical (unpaired) electrons. The van der Waals surface area contributed by atoms with Gasteiger partial charge >= 0.3 is 0 Å². The van der Waals surface area contributed by atoms with E-state index < -0.39 is 0 Å². The highest BCUT2D eigenvalue weighted by atomic mass is 15.2. The fourth-order valence-corrected chi connectivity index (χ4v) is 1.59. The summed E-state index contributed by atoms with van der Waals surface area (Å²) in [4.78, 5) is 0. The van der Waals surface area contributed by atoms with Gasteiger partial charge in [0.2, 0.25) is 0 Å². The lowest BCUT2D eigenvalue weighted by Gasteiger charge is -2.05. The molecule has 1 aromatic heterocycles. The van der Waals surface area contributed by atoms with E-state index in [0.717, 1.165) is 25.2 Å². The Bertz CT molecular complexity index is 276. The van der Waals surface area contributed by atoms with E-state index in [0.29, 0.717) is 5.82 Å². The van der Waals surface area contributed by atoms with Crippen LogP contribution in [0.25, 0.3) is 0 Å². The van der Waals surface area contributed by atoms with Gasteiger partial charge in [0, 0.05) is 11.3 Å². The molecule has 0 spiro atoms. The minimum atomic E-state index is 0.686.